The molecule has 186 valence electrons. The van der Waals surface area contributed by atoms with Crippen molar-refractivity contribution in [1.29, 1.82) is 0 Å². The molecule has 0 bridgehead atoms. The zero-order valence-corrected chi connectivity index (χ0v) is 20.9. The molecular weight excluding hydrogens is 466 g/mol. The SMILES string of the molecule is COc1ccccc1NC(=O)[C@H]1CCCN(S(=O)(=O)c2ccc3c(c2)C[C@H](C)N3C(=O)C2CC2)C1. The number of carbonyl (C=O) groups is 2. The van der Waals surface area contributed by atoms with Crippen molar-refractivity contribution in [1.82, 2.24) is 4.31 Å². The van der Waals surface area contributed by atoms with Gasteiger partial charge >= 0.3 is 0 Å². The minimum atomic E-state index is -3.77. The second-order valence-electron chi connectivity index (χ2n) is 9.72. The molecule has 2 atom stereocenters. The van der Waals surface area contributed by atoms with Crippen LogP contribution in [0.3, 0.4) is 0 Å². The van der Waals surface area contributed by atoms with Crippen LogP contribution in [0.2, 0.25) is 0 Å². The first-order valence-corrected chi connectivity index (χ1v) is 13.6. The summed E-state index contributed by atoms with van der Waals surface area (Å²) in [6.45, 7) is 2.51. The Morgan fingerprint density at radius 2 is 1.83 bits per heavy atom. The number of nitrogens with one attached hydrogen (secondary N) is 1. The molecule has 1 aliphatic carbocycles. The minimum Gasteiger partial charge on any atom is -0.495 e. The maximum Gasteiger partial charge on any atom is 0.243 e. The normalized spacial score (nSPS) is 22.5. The summed E-state index contributed by atoms with van der Waals surface area (Å²) in [7, 11) is -2.23. The standard InChI is InChI=1S/C26H31N3O5S/c1-17-14-20-15-21(11-12-23(20)29(17)26(31)18-9-10-18)35(32,33)28-13-5-6-19(16-28)25(30)27-22-7-3-4-8-24(22)34-2/h3-4,7-8,11-12,15,17-19H,5-6,9-10,13-14,16H2,1-2H3,(H,27,30)/t17-,19-/m0/s1. The number of benzene rings is 2. The van der Waals surface area contributed by atoms with E-state index in [0.29, 0.717) is 37.2 Å². The van der Waals surface area contributed by atoms with Gasteiger partial charge in [-0.05, 0) is 74.9 Å². The lowest BCUT2D eigenvalue weighted by Gasteiger charge is -2.31. The van der Waals surface area contributed by atoms with Gasteiger partial charge in [-0.3, -0.25) is 9.59 Å². The molecule has 2 amide bonds. The zero-order valence-electron chi connectivity index (χ0n) is 20.1. The third-order valence-corrected chi connectivity index (χ3v) is 9.05. The molecule has 2 heterocycles. The van der Waals surface area contributed by atoms with E-state index in [2.05, 4.69) is 5.32 Å². The number of anilines is 2. The van der Waals surface area contributed by atoms with Crippen LogP contribution in [-0.2, 0) is 26.0 Å². The molecule has 2 aromatic rings. The summed E-state index contributed by atoms with van der Waals surface area (Å²) < 4.78 is 33.8. The van der Waals surface area contributed by atoms with Crippen molar-refractivity contribution in [2.24, 2.45) is 11.8 Å². The Labute approximate surface area is 206 Å². The molecule has 2 aromatic carbocycles. The largest absolute Gasteiger partial charge is 0.495 e. The average Bonchev–Trinajstić information content (AvgIpc) is 3.66. The monoisotopic (exact) mass is 497 g/mol. The molecule has 2 aliphatic heterocycles. The van der Waals surface area contributed by atoms with Crippen molar-refractivity contribution in [3.05, 3.63) is 48.0 Å². The van der Waals surface area contributed by atoms with Crippen molar-refractivity contribution < 1.29 is 22.7 Å². The number of amides is 2. The zero-order chi connectivity index (χ0) is 24.7. The number of ether oxygens (including phenoxy) is 1. The quantitative estimate of drug-likeness (QED) is 0.660. The fourth-order valence-electron chi connectivity index (χ4n) is 5.14. The maximum atomic E-state index is 13.5. The van der Waals surface area contributed by atoms with Crippen molar-refractivity contribution in [2.45, 2.75) is 50.0 Å². The van der Waals surface area contributed by atoms with E-state index in [1.807, 2.05) is 24.0 Å². The second-order valence-corrected chi connectivity index (χ2v) is 11.7. The Morgan fingerprint density at radius 1 is 1.06 bits per heavy atom. The Balaban J connectivity index is 1.32. The summed E-state index contributed by atoms with van der Waals surface area (Å²) in [6, 6.07) is 12.2. The van der Waals surface area contributed by atoms with E-state index < -0.39 is 15.9 Å². The number of methoxy groups -OCH3 is 1. The van der Waals surface area contributed by atoms with Gasteiger partial charge in [0, 0.05) is 30.7 Å². The van der Waals surface area contributed by atoms with E-state index in [1.165, 1.54) is 4.31 Å². The van der Waals surface area contributed by atoms with E-state index >= 15 is 0 Å². The number of rotatable bonds is 6. The number of piperidine rings is 1. The van der Waals surface area contributed by atoms with Crippen molar-refractivity contribution >= 4 is 33.2 Å². The van der Waals surface area contributed by atoms with Gasteiger partial charge in [-0.15, -0.1) is 0 Å². The Morgan fingerprint density at radius 3 is 2.57 bits per heavy atom. The van der Waals surface area contributed by atoms with E-state index in [1.54, 1.807) is 37.4 Å². The van der Waals surface area contributed by atoms with Gasteiger partial charge in [0.2, 0.25) is 21.8 Å². The first kappa shape index (κ1) is 23.8. The van der Waals surface area contributed by atoms with Crippen LogP contribution in [0, 0.1) is 11.8 Å². The fraction of sp³-hybridized carbons (Fsp3) is 0.462. The van der Waals surface area contributed by atoms with Crippen LogP contribution in [0.25, 0.3) is 0 Å². The lowest BCUT2D eigenvalue weighted by molar-refractivity contribution is -0.121. The average molecular weight is 498 g/mol. The topological polar surface area (TPSA) is 96.0 Å². The molecule has 1 N–H and O–H groups in total. The fourth-order valence-corrected chi connectivity index (χ4v) is 6.71. The lowest BCUT2D eigenvalue weighted by atomic mass is 9.98. The van der Waals surface area contributed by atoms with Crippen molar-refractivity contribution in [3.8, 4) is 5.75 Å². The van der Waals surface area contributed by atoms with Gasteiger partial charge in [0.05, 0.1) is 23.6 Å². The van der Waals surface area contributed by atoms with Crippen LogP contribution in [-0.4, -0.2) is 50.8 Å². The highest BCUT2D eigenvalue weighted by molar-refractivity contribution is 7.89. The van der Waals surface area contributed by atoms with Crippen LogP contribution >= 0.6 is 0 Å². The van der Waals surface area contributed by atoms with Crippen molar-refractivity contribution in [3.63, 3.8) is 0 Å². The summed E-state index contributed by atoms with van der Waals surface area (Å²) in [5.74, 6) is 0.143. The highest BCUT2D eigenvalue weighted by atomic mass is 32.2. The molecular formula is C26H31N3O5S. The number of carbonyl (C=O) groups excluding carboxylic acids is 2. The number of para-hydroxylation sites is 2. The van der Waals surface area contributed by atoms with Crippen LogP contribution in [0.4, 0.5) is 11.4 Å². The lowest BCUT2D eigenvalue weighted by Crippen LogP contribution is -2.43. The van der Waals surface area contributed by atoms with Gasteiger partial charge in [-0.1, -0.05) is 12.1 Å². The number of hydrogen-bond donors (Lipinski definition) is 1. The first-order chi connectivity index (χ1) is 16.8. The van der Waals surface area contributed by atoms with Gasteiger partial charge < -0.3 is 15.0 Å². The van der Waals surface area contributed by atoms with Crippen LogP contribution in [0.5, 0.6) is 5.75 Å². The molecule has 9 heteroatoms. The number of hydrogen-bond acceptors (Lipinski definition) is 5. The van der Waals surface area contributed by atoms with Gasteiger partial charge in [-0.25, -0.2) is 8.42 Å². The molecule has 8 nitrogen and oxygen atoms in total. The summed E-state index contributed by atoms with van der Waals surface area (Å²) in [6.07, 6.45) is 3.73. The van der Waals surface area contributed by atoms with E-state index in [0.717, 1.165) is 24.1 Å². The van der Waals surface area contributed by atoms with E-state index in [4.69, 9.17) is 4.74 Å². The van der Waals surface area contributed by atoms with Crippen molar-refractivity contribution in [2.75, 3.05) is 30.4 Å². The summed E-state index contributed by atoms with van der Waals surface area (Å²) in [5, 5.41) is 2.89. The predicted molar refractivity (Wildman–Crippen MR) is 133 cm³/mol. The number of nitrogens with zero attached hydrogens (tertiary/aromatic N) is 2. The second kappa shape index (κ2) is 9.28. The molecule has 0 spiro atoms. The number of fused-ring (bicyclic) bond motifs is 1. The maximum absolute atomic E-state index is 13.5. The molecule has 0 radical (unpaired) electrons. The molecule has 0 unspecified atom stereocenters. The summed E-state index contributed by atoms with van der Waals surface area (Å²) >= 11 is 0. The Kier molecular flexibility index (Phi) is 6.31. The van der Waals surface area contributed by atoms with Gasteiger partial charge in [0.25, 0.3) is 0 Å². The summed E-state index contributed by atoms with van der Waals surface area (Å²) in [4.78, 5) is 27.8. The molecule has 1 saturated carbocycles. The first-order valence-electron chi connectivity index (χ1n) is 12.2. The predicted octanol–water partition coefficient (Wildman–Crippen LogP) is 3.42. The Hall–Kier alpha value is -2.91. The van der Waals surface area contributed by atoms with E-state index in [9.17, 15) is 18.0 Å². The van der Waals surface area contributed by atoms with Gasteiger partial charge in [-0.2, -0.15) is 4.31 Å². The molecule has 0 aromatic heterocycles. The molecule has 2 fully saturated rings. The Bertz CT molecular complexity index is 1260. The van der Waals surface area contributed by atoms with Crippen LogP contribution in [0.1, 0.15) is 38.2 Å². The molecule has 3 aliphatic rings. The highest BCUT2D eigenvalue weighted by Crippen LogP contribution is 2.40. The minimum absolute atomic E-state index is 0.0223. The van der Waals surface area contributed by atoms with Gasteiger partial charge in [0.15, 0.2) is 0 Å². The van der Waals surface area contributed by atoms with Crippen LogP contribution in [0.15, 0.2) is 47.4 Å². The molecule has 35 heavy (non-hydrogen) atoms. The van der Waals surface area contributed by atoms with E-state index in [-0.39, 0.29) is 35.2 Å². The smallest absolute Gasteiger partial charge is 0.243 e. The molecule has 1 saturated heterocycles. The molecule has 5 rings (SSSR count). The third kappa shape index (κ3) is 4.54. The number of sulfonamides is 1. The van der Waals surface area contributed by atoms with Gasteiger partial charge in [0.1, 0.15) is 5.75 Å². The summed E-state index contributed by atoms with van der Waals surface area (Å²) in [5.41, 5.74) is 2.27. The van der Waals surface area contributed by atoms with Crippen LogP contribution < -0.4 is 15.0 Å². The highest BCUT2D eigenvalue weighted by Gasteiger charge is 2.40. The third-order valence-electron chi connectivity index (χ3n) is 7.19.